The molecule has 1 aromatic rings. The fraction of sp³-hybridized carbons (Fsp3) is 0.273. The Hall–Kier alpha value is -0.560. The average molecular weight is 225 g/mol. The maximum Gasteiger partial charge on any atom is 0.0210 e. The quantitative estimate of drug-likeness (QED) is 0.708. The lowest BCUT2D eigenvalue weighted by Gasteiger charge is -1.98. The summed E-state index contributed by atoms with van der Waals surface area (Å²) in [6.07, 6.45) is 5.40. The zero-order valence-corrected chi connectivity index (χ0v) is 9.06. The number of hydrogen-bond donors (Lipinski definition) is 0. The van der Waals surface area contributed by atoms with E-state index in [9.17, 15) is 0 Å². The molecule has 0 nitrogen and oxygen atoms in total. The Labute approximate surface area is 82.4 Å². The van der Waals surface area contributed by atoms with Crippen LogP contribution in [0.3, 0.4) is 0 Å². The monoisotopic (exact) mass is 224 g/mol. The van der Waals surface area contributed by atoms with Gasteiger partial charge < -0.3 is 0 Å². The molecule has 0 amide bonds. The van der Waals surface area contributed by atoms with Gasteiger partial charge in [-0.05, 0) is 30.5 Å². The molecule has 1 rings (SSSR count). The summed E-state index contributed by atoms with van der Waals surface area (Å²) >= 11 is 3.50. The predicted molar refractivity (Wildman–Crippen MR) is 58.2 cm³/mol. The van der Waals surface area contributed by atoms with Crippen molar-refractivity contribution in [1.29, 1.82) is 0 Å². The molecule has 0 radical (unpaired) electrons. The second kappa shape index (κ2) is 4.46. The summed E-state index contributed by atoms with van der Waals surface area (Å²) in [5.74, 6) is 0. The van der Waals surface area contributed by atoms with Crippen LogP contribution in [0.5, 0.6) is 0 Å². The van der Waals surface area contributed by atoms with Crippen molar-refractivity contribution in [2.45, 2.75) is 20.3 Å². The first-order chi connectivity index (χ1) is 5.74. The van der Waals surface area contributed by atoms with Gasteiger partial charge in [0.25, 0.3) is 0 Å². The maximum atomic E-state index is 3.50. The third-order valence-electron chi connectivity index (χ3n) is 1.74. The molecule has 0 aliphatic carbocycles. The third kappa shape index (κ3) is 2.49. The molecule has 12 heavy (non-hydrogen) atoms. The summed E-state index contributed by atoms with van der Waals surface area (Å²) in [5.41, 5.74) is 2.54. The maximum absolute atomic E-state index is 3.50. The molecule has 0 fully saturated rings. The third-order valence-corrected chi connectivity index (χ3v) is 2.60. The molecule has 0 unspecified atom stereocenters. The number of benzene rings is 1. The normalized spacial score (nSPS) is 10.9. The largest absolute Gasteiger partial charge is 0.0842 e. The van der Waals surface area contributed by atoms with Gasteiger partial charge in [-0.3, -0.25) is 0 Å². The number of aryl methyl sites for hydroxylation is 1. The van der Waals surface area contributed by atoms with Gasteiger partial charge in [-0.15, -0.1) is 0 Å². The second-order valence-electron chi connectivity index (χ2n) is 2.82. The summed E-state index contributed by atoms with van der Waals surface area (Å²) in [4.78, 5) is 0. The fourth-order valence-corrected chi connectivity index (χ4v) is 1.36. The Morgan fingerprint density at radius 3 is 2.75 bits per heavy atom. The van der Waals surface area contributed by atoms with Crippen LogP contribution < -0.4 is 0 Å². The molecule has 0 spiro atoms. The van der Waals surface area contributed by atoms with Gasteiger partial charge in [0, 0.05) is 4.47 Å². The van der Waals surface area contributed by atoms with Gasteiger partial charge in [0.1, 0.15) is 0 Å². The van der Waals surface area contributed by atoms with Crippen LogP contribution in [0.1, 0.15) is 24.5 Å². The van der Waals surface area contributed by atoms with Crippen molar-refractivity contribution in [1.82, 2.24) is 0 Å². The van der Waals surface area contributed by atoms with Crippen LogP contribution in [0.4, 0.5) is 0 Å². The molecule has 0 aromatic heterocycles. The van der Waals surface area contributed by atoms with Crippen molar-refractivity contribution in [3.63, 3.8) is 0 Å². The topological polar surface area (TPSA) is 0 Å². The molecule has 0 heterocycles. The van der Waals surface area contributed by atoms with E-state index in [0.717, 1.165) is 6.42 Å². The first-order valence-corrected chi connectivity index (χ1v) is 4.96. The summed E-state index contributed by atoms with van der Waals surface area (Å²) in [6.45, 7) is 4.23. The first kappa shape index (κ1) is 9.53. The molecular weight excluding hydrogens is 212 g/mol. The van der Waals surface area contributed by atoms with Crippen molar-refractivity contribution in [2.75, 3.05) is 0 Å². The number of allylic oxidation sites excluding steroid dienone is 1. The van der Waals surface area contributed by atoms with Crippen LogP contribution in [0.2, 0.25) is 0 Å². The molecule has 0 bridgehead atoms. The van der Waals surface area contributed by atoms with Gasteiger partial charge in [0.2, 0.25) is 0 Å². The molecule has 0 atom stereocenters. The van der Waals surface area contributed by atoms with Crippen LogP contribution in [0, 0.1) is 6.92 Å². The van der Waals surface area contributed by atoms with E-state index in [1.807, 2.05) is 0 Å². The summed E-state index contributed by atoms with van der Waals surface area (Å²) in [7, 11) is 0. The lowest BCUT2D eigenvalue weighted by atomic mass is 10.1. The van der Waals surface area contributed by atoms with E-state index in [1.54, 1.807) is 0 Å². The fourth-order valence-electron chi connectivity index (χ4n) is 0.967. The molecule has 0 aliphatic heterocycles. The van der Waals surface area contributed by atoms with Crippen molar-refractivity contribution in [3.05, 3.63) is 39.9 Å². The van der Waals surface area contributed by atoms with E-state index < -0.39 is 0 Å². The van der Waals surface area contributed by atoms with E-state index in [0.29, 0.717) is 0 Å². The van der Waals surface area contributed by atoms with Crippen molar-refractivity contribution in [2.24, 2.45) is 0 Å². The van der Waals surface area contributed by atoms with Crippen LogP contribution in [-0.2, 0) is 0 Å². The van der Waals surface area contributed by atoms with E-state index >= 15 is 0 Å². The predicted octanol–water partition coefficient (Wildman–Crippen LogP) is 4.18. The van der Waals surface area contributed by atoms with E-state index in [2.05, 4.69) is 60.1 Å². The van der Waals surface area contributed by atoms with Crippen LogP contribution in [-0.4, -0.2) is 0 Å². The van der Waals surface area contributed by atoms with Crippen LogP contribution in [0.15, 0.2) is 28.7 Å². The van der Waals surface area contributed by atoms with Gasteiger partial charge in [-0.2, -0.15) is 0 Å². The molecule has 64 valence electrons. The summed E-state index contributed by atoms with van der Waals surface area (Å²) in [5, 5.41) is 0. The van der Waals surface area contributed by atoms with Crippen molar-refractivity contribution in [3.8, 4) is 0 Å². The van der Waals surface area contributed by atoms with Crippen LogP contribution in [0.25, 0.3) is 6.08 Å². The SMILES string of the molecule is CC/C=C/c1ccc(C)c(Br)c1. The highest BCUT2D eigenvalue weighted by Gasteiger charge is 1.93. The van der Waals surface area contributed by atoms with Gasteiger partial charge >= 0.3 is 0 Å². The lowest BCUT2D eigenvalue weighted by Crippen LogP contribution is -1.77. The van der Waals surface area contributed by atoms with Crippen LogP contribution >= 0.6 is 15.9 Å². The average Bonchev–Trinajstić information content (AvgIpc) is 2.07. The molecule has 0 N–H and O–H groups in total. The van der Waals surface area contributed by atoms with E-state index in [1.165, 1.54) is 15.6 Å². The minimum atomic E-state index is 1.09. The number of hydrogen-bond acceptors (Lipinski definition) is 0. The zero-order valence-electron chi connectivity index (χ0n) is 7.47. The Morgan fingerprint density at radius 2 is 2.17 bits per heavy atom. The van der Waals surface area contributed by atoms with Gasteiger partial charge in [0.05, 0.1) is 0 Å². The van der Waals surface area contributed by atoms with Gasteiger partial charge in [-0.25, -0.2) is 0 Å². The molecule has 0 saturated heterocycles. The minimum Gasteiger partial charge on any atom is -0.0842 e. The van der Waals surface area contributed by atoms with E-state index in [4.69, 9.17) is 0 Å². The highest BCUT2D eigenvalue weighted by atomic mass is 79.9. The van der Waals surface area contributed by atoms with Gasteiger partial charge in [0.15, 0.2) is 0 Å². The molecule has 0 aliphatic rings. The lowest BCUT2D eigenvalue weighted by molar-refractivity contribution is 1.23. The van der Waals surface area contributed by atoms with Crippen molar-refractivity contribution < 1.29 is 0 Å². The Kier molecular flexibility index (Phi) is 3.54. The number of halogens is 1. The molecule has 1 heteroatoms. The molecule has 1 aromatic carbocycles. The van der Waals surface area contributed by atoms with Gasteiger partial charge in [-0.1, -0.05) is 47.1 Å². The Bertz CT molecular complexity index is 287. The number of rotatable bonds is 2. The standard InChI is InChI=1S/C11H13Br/c1-3-4-5-10-7-6-9(2)11(12)8-10/h4-8H,3H2,1-2H3/b5-4+. The molecular formula is C11H13Br. The Balaban J connectivity index is 2.89. The highest BCUT2D eigenvalue weighted by molar-refractivity contribution is 9.10. The minimum absolute atomic E-state index is 1.09. The van der Waals surface area contributed by atoms with E-state index in [-0.39, 0.29) is 0 Å². The zero-order chi connectivity index (χ0) is 8.97. The smallest absolute Gasteiger partial charge is 0.0210 e. The second-order valence-corrected chi connectivity index (χ2v) is 3.67. The highest BCUT2D eigenvalue weighted by Crippen LogP contribution is 2.18. The summed E-state index contributed by atoms with van der Waals surface area (Å²) in [6, 6.07) is 6.40. The van der Waals surface area contributed by atoms with Crippen molar-refractivity contribution >= 4 is 22.0 Å². The molecule has 0 saturated carbocycles. The Morgan fingerprint density at radius 1 is 1.42 bits per heavy atom. The first-order valence-electron chi connectivity index (χ1n) is 4.16. The summed E-state index contributed by atoms with van der Waals surface area (Å²) < 4.78 is 1.18.